The van der Waals surface area contributed by atoms with Crippen LogP contribution in [0.4, 0.5) is 11.4 Å². The molecule has 0 aromatic heterocycles. The second-order valence-corrected chi connectivity index (χ2v) is 7.37. The first kappa shape index (κ1) is 29.5. The van der Waals surface area contributed by atoms with Crippen molar-refractivity contribution in [3.63, 3.8) is 0 Å². The van der Waals surface area contributed by atoms with Crippen LogP contribution in [0.3, 0.4) is 0 Å². The van der Waals surface area contributed by atoms with Gasteiger partial charge in [0.25, 0.3) is 0 Å². The Labute approximate surface area is 205 Å². The maximum Gasteiger partial charge on any atom is 1.00 e. The molecule has 0 fully saturated rings. The maximum absolute atomic E-state index is 12.4. The molecule has 0 bridgehead atoms. The van der Waals surface area contributed by atoms with Crippen LogP contribution in [-0.2, 0) is 14.4 Å². The molecule has 0 aliphatic carbocycles. The van der Waals surface area contributed by atoms with Gasteiger partial charge in [-0.15, -0.1) is 0 Å². The van der Waals surface area contributed by atoms with E-state index in [1.54, 1.807) is 30.3 Å². The normalized spacial score (nSPS) is 15.4. The Kier molecular flexibility index (Phi) is 11.0. The van der Waals surface area contributed by atoms with Crippen LogP contribution in [0.25, 0.3) is 11.1 Å². The third-order valence-electron chi connectivity index (χ3n) is 4.43. The van der Waals surface area contributed by atoms with Gasteiger partial charge in [-0.2, -0.15) is 0 Å². The van der Waals surface area contributed by atoms with Crippen LogP contribution < -0.4 is 35.2 Å². The van der Waals surface area contributed by atoms with Crippen LogP contribution in [0.5, 0.6) is 0 Å². The molecule has 9 nitrogen and oxygen atoms in total. The number of nitrogens with one attached hydrogen (secondary N) is 2. The molecule has 0 spiro atoms. The predicted molar refractivity (Wildman–Crippen MR) is 118 cm³/mol. The fourth-order valence-electron chi connectivity index (χ4n) is 3.30. The van der Waals surface area contributed by atoms with E-state index in [2.05, 4.69) is 10.6 Å². The molecular formula is C20H20Cl2LiN3O6. The molecule has 0 saturated heterocycles. The Morgan fingerprint density at radius 3 is 2.25 bits per heavy atom. The standard InChI is InChI=1S/C20H17Cl2N3O4.Li.2H2O/c1-9(26)24-12-4-2-10(3-5-12)17(19(23)27)13-8-16(20(28)29)25-15-7-11(21)6-14(22)18(13)15;;;/h2-7,16,25H,8H2,1H3,(H2,23,27)(H,24,26)(H,28,29);;2*1H2/q;+1;;/p-1/b17-13+;;;. The average molecular weight is 476 g/mol. The first-order valence-electron chi connectivity index (χ1n) is 8.57. The summed E-state index contributed by atoms with van der Waals surface area (Å²) in [5, 5.41) is 15.6. The minimum atomic E-state index is -1.09. The molecule has 1 unspecified atom stereocenters. The first-order valence-corrected chi connectivity index (χ1v) is 9.32. The molecule has 8 N–H and O–H groups in total. The number of benzene rings is 2. The van der Waals surface area contributed by atoms with Crippen molar-refractivity contribution in [3.8, 4) is 0 Å². The minimum Gasteiger partial charge on any atom is -0.870 e. The smallest absolute Gasteiger partial charge is 0.870 e. The molecule has 32 heavy (non-hydrogen) atoms. The summed E-state index contributed by atoms with van der Waals surface area (Å²) >= 11 is 12.4. The van der Waals surface area contributed by atoms with Crippen LogP contribution in [-0.4, -0.2) is 39.9 Å². The zero-order valence-electron chi connectivity index (χ0n) is 17.2. The van der Waals surface area contributed by atoms with Crippen LogP contribution in [0.1, 0.15) is 24.5 Å². The maximum atomic E-state index is 12.4. The molecule has 1 heterocycles. The number of nitrogens with two attached hydrogens (primary N) is 1. The van der Waals surface area contributed by atoms with Crippen LogP contribution >= 0.6 is 23.2 Å². The van der Waals surface area contributed by atoms with Gasteiger partial charge in [-0.25, -0.2) is 4.79 Å². The quantitative estimate of drug-likeness (QED) is 0.344. The van der Waals surface area contributed by atoms with Gasteiger partial charge in [-0.3, -0.25) is 9.59 Å². The number of carboxylic acid groups (broad SMARTS) is 1. The number of primary amides is 1. The van der Waals surface area contributed by atoms with Crippen molar-refractivity contribution in [2.75, 3.05) is 10.6 Å². The van der Waals surface area contributed by atoms with Gasteiger partial charge in [0.15, 0.2) is 0 Å². The summed E-state index contributed by atoms with van der Waals surface area (Å²) in [6.07, 6.45) is -0.00456. The summed E-state index contributed by atoms with van der Waals surface area (Å²) in [5.41, 5.74) is 8.15. The Balaban J connectivity index is 0.00000320. The summed E-state index contributed by atoms with van der Waals surface area (Å²) < 4.78 is 0. The van der Waals surface area contributed by atoms with E-state index in [1.165, 1.54) is 13.0 Å². The van der Waals surface area contributed by atoms with Gasteiger partial charge in [0.05, 0.1) is 10.6 Å². The first-order chi connectivity index (χ1) is 13.7. The van der Waals surface area contributed by atoms with Gasteiger partial charge >= 0.3 is 24.8 Å². The van der Waals surface area contributed by atoms with Crippen molar-refractivity contribution in [1.82, 2.24) is 0 Å². The van der Waals surface area contributed by atoms with E-state index in [9.17, 15) is 19.5 Å². The van der Waals surface area contributed by atoms with Crippen molar-refractivity contribution in [3.05, 3.63) is 57.6 Å². The Hall–Kier alpha value is -2.51. The van der Waals surface area contributed by atoms with Crippen molar-refractivity contribution in [2.45, 2.75) is 19.4 Å². The number of carbonyl (C=O) groups excluding carboxylic acids is 2. The number of amides is 2. The number of rotatable bonds is 4. The van der Waals surface area contributed by atoms with E-state index in [4.69, 9.17) is 28.9 Å². The monoisotopic (exact) mass is 475 g/mol. The van der Waals surface area contributed by atoms with Gasteiger partial charge < -0.3 is 32.4 Å². The summed E-state index contributed by atoms with van der Waals surface area (Å²) in [5.74, 6) is -2.05. The van der Waals surface area contributed by atoms with Gasteiger partial charge in [-0.1, -0.05) is 35.3 Å². The van der Waals surface area contributed by atoms with E-state index in [0.717, 1.165) is 0 Å². The number of hydrogen-bond acceptors (Lipinski definition) is 5. The van der Waals surface area contributed by atoms with E-state index >= 15 is 0 Å². The number of hydrogen-bond donors (Lipinski definition) is 4. The second kappa shape index (κ2) is 11.9. The number of halogens is 2. The van der Waals surface area contributed by atoms with Gasteiger partial charge in [0.2, 0.25) is 11.8 Å². The molecule has 12 heteroatoms. The molecule has 166 valence electrons. The Morgan fingerprint density at radius 1 is 1.16 bits per heavy atom. The van der Waals surface area contributed by atoms with Crippen LogP contribution in [0.2, 0.25) is 10.0 Å². The Morgan fingerprint density at radius 2 is 1.75 bits per heavy atom. The fraction of sp³-hybridized carbons (Fsp3) is 0.150. The number of fused-ring (bicyclic) bond motifs is 1. The predicted octanol–water partition coefficient (Wildman–Crippen LogP) is -0.381. The molecule has 0 radical (unpaired) electrons. The summed E-state index contributed by atoms with van der Waals surface area (Å²) in [6, 6.07) is 8.58. The largest absolute Gasteiger partial charge is 1.00 e. The number of carbonyl (C=O) groups is 3. The van der Waals surface area contributed by atoms with Crippen molar-refractivity contribution < 1.29 is 49.3 Å². The van der Waals surface area contributed by atoms with E-state index in [0.29, 0.717) is 33.1 Å². The molecule has 1 aliphatic rings. The third-order valence-corrected chi connectivity index (χ3v) is 4.95. The molecule has 0 saturated carbocycles. The minimum absolute atomic E-state index is 0. The fourth-order valence-corrected chi connectivity index (χ4v) is 3.91. The zero-order valence-corrected chi connectivity index (χ0v) is 18.7. The molecule has 2 aromatic rings. The molecule has 2 amide bonds. The van der Waals surface area contributed by atoms with Crippen molar-refractivity contribution >= 4 is 63.5 Å². The summed E-state index contributed by atoms with van der Waals surface area (Å²) in [7, 11) is 0. The molecule has 2 aromatic carbocycles. The van der Waals surface area contributed by atoms with E-state index < -0.39 is 17.9 Å². The molecule has 1 atom stereocenters. The average Bonchev–Trinajstić information content (AvgIpc) is 2.61. The number of carboxylic acids is 1. The van der Waals surface area contributed by atoms with Gasteiger partial charge in [-0.05, 0) is 35.4 Å². The topological polar surface area (TPSA) is 183 Å². The molecular weight excluding hydrogens is 456 g/mol. The number of aliphatic carboxylic acids is 1. The van der Waals surface area contributed by atoms with Crippen molar-refractivity contribution in [1.29, 1.82) is 0 Å². The van der Waals surface area contributed by atoms with Crippen LogP contribution in [0.15, 0.2) is 36.4 Å². The van der Waals surface area contributed by atoms with Crippen LogP contribution in [0, 0.1) is 0 Å². The summed E-state index contributed by atoms with van der Waals surface area (Å²) in [4.78, 5) is 35.2. The third kappa shape index (κ3) is 6.26. The summed E-state index contributed by atoms with van der Waals surface area (Å²) in [6.45, 7) is 1.38. The van der Waals surface area contributed by atoms with E-state index in [1.807, 2.05) is 0 Å². The number of anilines is 2. The Bertz CT molecular complexity index is 1060. The van der Waals surface area contributed by atoms with Gasteiger partial charge in [0, 0.05) is 35.3 Å². The SMILES string of the molecule is CC(=O)Nc1ccc(/C(C(N)=O)=C2/CC(C(=O)O)Nc3cc(Cl)cc(Cl)c32)cc1.O.[Li+].[OH-]. The zero-order chi connectivity index (χ0) is 21.3. The van der Waals surface area contributed by atoms with E-state index in [-0.39, 0.29) is 52.7 Å². The second-order valence-electron chi connectivity index (χ2n) is 6.53. The molecule has 3 rings (SSSR count). The molecule has 1 aliphatic heterocycles. The van der Waals surface area contributed by atoms with Gasteiger partial charge in [0.1, 0.15) is 6.04 Å². The van der Waals surface area contributed by atoms with Crippen molar-refractivity contribution in [2.24, 2.45) is 5.73 Å².